The number of aryl methyl sites for hydroxylation is 1. The van der Waals surface area contributed by atoms with Crippen molar-refractivity contribution < 1.29 is 4.79 Å². The van der Waals surface area contributed by atoms with Gasteiger partial charge in [-0.2, -0.15) is 4.52 Å². The topological polar surface area (TPSA) is 88.3 Å². The summed E-state index contributed by atoms with van der Waals surface area (Å²) in [7, 11) is 0. The molecule has 1 aliphatic heterocycles. The van der Waals surface area contributed by atoms with E-state index in [1.54, 1.807) is 10.8 Å². The van der Waals surface area contributed by atoms with Gasteiger partial charge in [0, 0.05) is 30.0 Å². The van der Waals surface area contributed by atoms with Crippen LogP contribution in [-0.2, 0) is 11.2 Å². The normalized spacial score (nSPS) is 14.7. The Hall–Kier alpha value is -3.33. The van der Waals surface area contributed by atoms with E-state index in [2.05, 4.69) is 61.7 Å². The molecule has 1 saturated heterocycles. The van der Waals surface area contributed by atoms with Crippen molar-refractivity contribution in [2.45, 2.75) is 32.6 Å². The Balaban J connectivity index is 1.17. The number of anilines is 2. The van der Waals surface area contributed by atoms with Crippen molar-refractivity contribution in [1.82, 2.24) is 24.8 Å². The highest BCUT2D eigenvalue weighted by atomic mass is 32.1. The zero-order valence-electron chi connectivity index (χ0n) is 17.9. The molecule has 0 bridgehead atoms. The van der Waals surface area contributed by atoms with E-state index in [1.165, 1.54) is 16.9 Å². The third-order valence-electron chi connectivity index (χ3n) is 5.86. The van der Waals surface area contributed by atoms with Gasteiger partial charge < -0.3 is 10.2 Å². The van der Waals surface area contributed by atoms with Crippen molar-refractivity contribution in [2.24, 2.45) is 5.92 Å². The van der Waals surface area contributed by atoms with Gasteiger partial charge in [-0.15, -0.1) is 26.6 Å². The number of nitrogens with one attached hydrogen (secondary N) is 1. The van der Waals surface area contributed by atoms with Crippen LogP contribution in [0.15, 0.2) is 48.1 Å². The summed E-state index contributed by atoms with van der Waals surface area (Å²) in [6.45, 7) is 3.75. The van der Waals surface area contributed by atoms with E-state index in [9.17, 15) is 4.79 Å². The second kappa shape index (κ2) is 9.04. The van der Waals surface area contributed by atoms with Crippen molar-refractivity contribution in [3.05, 3.63) is 53.7 Å². The van der Waals surface area contributed by atoms with Gasteiger partial charge >= 0.3 is 0 Å². The van der Waals surface area contributed by atoms with Crippen LogP contribution in [0.3, 0.4) is 0 Å². The van der Waals surface area contributed by atoms with Gasteiger partial charge in [-0.05, 0) is 37.0 Å². The molecule has 1 aliphatic rings. The van der Waals surface area contributed by atoms with Crippen molar-refractivity contribution in [3.8, 4) is 11.3 Å². The van der Waals surface area contributed by atoms with Gasteiger partial charge in [0.1, 0.15) is 12.1 Å². The molecule has 32 heavy (non-hydrogen) atoms. The van der Waals surface area contributed by atoms with Crippen molar-refractivity contribution in [1.29, 1.82) is 0 Å². The van der Waals surface area contributed by atoms with Gasteiger partial charge in [0.15, 0.2) is 10.8 Å². The number of carbonyl (C=O) groups excluding carboxylic acids is 1. The fraction of sp³-hybridized carbons (Fsp3) is 0.348. The smallest absolute Gasteiger partial charge is 0.229 e. The fourth-order valence-electron chi connectivity index (χ4n) is 4.06. The van der Waals surface area contributed by atoms with Gasteiger partial charge in [0.2, 0.25) is 5.91 Å². The summed E-state index contributed by atoms with van der Waals surface area (Å²) in [5, 5.41) is 18.1. The largest absolute Gasteiger partial charge is 0.355 e. The minimum absolute atomic E-state index is 0.0226. The number of fused-ring (bicyclic) bond motifs is 1. The van der Waals surface area contributed by atoms with Crippen LogP contribution >= 0.6 is 11.3 Å². The minimum Gasteiger partial charge on any atom is -0.355 e. The number of nitrogens with zero attached hydrogens (tertiary/aromatic N) is 6. The first-order valence-corrected chi connectivity index (χ1v) is 11.9. The zero-order chi connectivity index (χ0) is 21.9. The molecule has 164 valence electrons. The lowest BCUT2D eigenvalue weighted by atomic mass is 9.96. The predicted octanol–water partition coefficient (Wildman–Crippen LogP) is 4.06. The monoisotopic (exact) mass is 447 g/mol. The maximum Gasteiger partial charge on any atom is 0.229 e. The van der Waals surface area contributed by atoms with E-state index in [1.807, 2.05) is 17.5 Å². The number of carbonyl (C=O) groups is 1. The van der Waals surface area contributed by atoms with Crippen molar-refractivity contribution >= 4 is 33.8 Å². The summed E-state index contributed by atoms with van der Waals surface area (Å²) in [6, 6.07) is 12.4. The predicted molar refractivity (Wildman–Crippen MR) is 126 cm³/mol. The Morgan fingerprint density at radius 3 is 2.75 bits per heavy atom. The number of rotatable bonds is 6. The van der Waals surface area contributed by atoms with E-state index in [-0.39, 0.29) is 11.8 Å². The van der Waals surface area contributed by atoms with Crippen LogP contribution < -0.4 is 10.2 Å². The van der Waals surface area contributed by atoms with E-state index < -0.39 is 0 Å². The number of benzene rings is 1. The number of aromatic nitrogens is 5. The Labute approximate surface area is 190 Å². The fourth-order valence-corrected chi connectivity index (χ4v) is 4.78. The van der Waals surface area contributed by atoms with Crippen LogP contribution in [0.5, 0.6) is 0 Å². The molecule has 3 aromatic heterocycles. The maximum atomic E-state index is 12.8. The molecule has 1 amide bonds. The Kier molecular flexibility index (Phi) is 5.81. The van der Waals surface area contributed by atoms with E-state index in [0.29, 0.717) is 5.13 Å². The minimum atomic E-state index is -0.0226. The van der Waals surface area contributed by atoms with Crippen LogP contribution in [0.2, 0.25) is 0 Å². The molecule has 1 fully saturated rings. The molecule has 0 spiro atoms. The quantitative estimate of drug-likeness (QED) is 0.480. The zero-order valence-corrected chi connectivity index (χ0v) is 18.8. The molecule has 1 N–H and O–H groups in total. The highest BCUT2D eigenvalue weighted by Crippen LogP contribution is 2.27. The summed E-state index contributed by atoms with van der Waals surface area (Å²) in [6.07, 6.45) is 5.39. The van der Waals surface area contributed by atoms with Gasteiger partial charge in [-0.3, -0.25) is 4.79 Å². The van der Waals surface area contributed by atoms with Crippen LogP contribution in [-0.4, -0.2) is 43.8 Å². The van der Waals surface area contributed by atoms with E-state index >= 15 is 0 Å². The van der Waals surface area contributed by atoms with Crippen molar-refractivity contribution in [3.63, 3.8) is 0 Å². The SMILES string of the molecule is CCCc1ccc(-c2csc(NC(=O)C3CCN(c4ccc5nncn5n4)CC3)n2)cc1. The van der Waals surface area contributed by atoms with Crippen LogP contribution in [0.4, 0.5) is 10.9 Å². The summed E-state index contributed by atoms with van der Waals surface area (Å²) in [5.41, 5.74) is 4.04. The second-order valence-electron chi connectivity index (χ2n) is 8.06. The molecule has 5 rings (SSSR count). The third kappa shape index (κ3) is 4.34. The van der Waals surface area contributed by atoms with Crippen LogP contribution in [0.1, 0.15) is 31.7 Å². The molecular weight excluding hydrogens is 422 g/mol. The summed E-state index contributed by atoms with van der Waals surface area (Å²) >= 11 is 1.47. The van der Waals surface area contributed by atoms with Crippen LogP contribution in [0, 0.1) is 5.92 Å². The molecular formula is C23H25N7OS. The Bertz CT molecular complexity index is 1210. The van der Waals surface area contributed by atoms with E-state index in [0.717, 1.165) is 61.5 Å². The molecule has 0 saturated carbocycles. The first kappa shape index (κ1) is 20.6. The molecule has 4 aromatic rings. The molecule has 4 heterocycles. The van der Waals surface area contributed by atoms with Crippen molar-refractivity contribution in [2.75, 3.05) is 23.3 Å². The lowest BCUT2D eigenvalue weighted by Gasteiger charge is -2.31. The third-order valence-corrected chi connectivity index (χ3v) is 6.62. The highest BCUT2D eigenvalue weighted by Gasteiger charge is 2.26. The molecule has 1 aromatic carbocycles. The summed E-state index contributed by atoms with van der Waals surface area (Å²) < 4.78 is 1.67. The molecule has 0 unspecified atom stereocenters. The first-order chi connectivity index (χ1) is 15.7. The number of piperidine rings is 1. The van der Waals surface area contributed by atoms with Gasteiger partial charge in [0.05, 0.1) is 5.69 Å². The molecule has 0 radical (unpaired) electrons. The number of amides is 1. The van der Waals surface area contributed by atoms with Gasteiger partial charge in [0.25, 0.3) is 0 Å². The number of hydrogen-bond acceptors (Lipinski definition) is 7. The Morgan fingerprint density at radius 2 is 1.97 bits per heavy atom. The lowest BCUT2D eigenvalue weighted by molar-refractivity contribution is -0.120. The lowest BCUT2D eigenvalue weighted by Crippen LogP contribution is -2.38. The average Bonchev–Trinajstić information content (AvgIpc) is 3.49. The summed E-state index contributed by atoms with van der Waals surface area (Å²) in [5.74, 6) is 0.905. The van der Waals surface area contributed by atoms with Gasteiger partial charge in [-0.25, -0.2) is 4.98 Å². The molecule has 0 atom stereocenters. The summed E-state index contributed by atoms with van der Waals surface area (Å²) in [4.78, 5) is 19.6. The maximum absolute atomic E-state index is 12.8. The Morgan fingerprint density at radius 1 is 1.16 bits per heavy atom. The second-order valence-corrected chi connectivity index (χ2v) is 8.92. The van der Waals surface area contributed by atoms with E-state index in [4.69, 9.17) is 0 Å². The molecule has 9 heteroatoms. The molecule has 8 nitrogen and oxygen atoms in total. The van der Waals surface area contributed by atoms with Gasteiger partial charge in [-0.1, -0.05) is 37.6 Å². The number of hydrogen-bond donors (Lipinski definition) is 1. The number of thiazole rings is 1. The highest BCUT2D eigenvalue weighted by molar-refractivity contribution is 7.14. The van der Waals surface area contributed by atoms with Crippen LogP contribution in [0.25, 0.3) is 16.9 Å². The average molecular weight is 448 g/mol. The molecule has 0 aliphatic carbocycles. The standard InChI is InChI=1S/C23H25N7OS/c1-2-3-16-4-6-17(7-5-16)19-14-32-23(25-19)26-22(31)18-10-12-29(13-11-18)21-9-8-20-27-24-15-30(20)28-21/h4-9,14-15,18H,2-3,10-13H2,1H3,(H,25,26,31). The first-order valence-electron chi connectivity index (χ1n) is 11.0.